The highest BCUT2D eigenvalue weighted by Gasteiger charge is 2.42. The van der Waals surface area contributed by atoms with Gasteiger partial charge in [-0.1, -0.05) is 0 Å². The molecule has 8 heteroatoms. The summed E-state index contributed by atoms with van der Waals surface area (Å²) in [6.45, 7) is 4.03. The zero-order chi connectivity index (χ0) is 13.1. The van der Waals surface area contributed by atoms with Crippen LogP contribution in [0.15, 0.2) is 11.8 Å². The van der Waals surface area contributed by atoms with Crippen molar-refractivity contribution in [1.29, 1.82) is 0 Å². The van der Waals surface area contributed by atoms with Crippen LogP contribution in [0.3, 0.4) is 0 Å². The van der Waals surface area contributed by atoms with Gasteiger partial charge in [0.1, 0.15) is 5.60 Å². The number of rotatable bonds is 1. The molecule has 0 atom stereocenters. The van der Waals surface area contributed by atoms with Crippen LogP contribution in [0.5, 0.6) is 0 Å². The quantitative estimate of drug-likeness (QED) is 0.404. The molecule has 0 aromatic rings. The minimum atomic E-state index is -5.45. The summed E-state index contributed by atoms with van der Waals surface area (Å²) in [6.07, 6.45) is -10.4. The Kier molecular flexibility index (Phi) is 4.28. The van der Waals surface area contributed by atoms with Crippen molar-refractivity contribution in [3.05, 3.63) is 11.8 Å². The summed E-state index contributed by atoms with van der Waals surface area (Å²) in [7, 11) is 0. The van der Waals surface area contributed by atoms with Gasteiger partial charge in [-0.25, -0.2) is 4.79 Å². The van der Waals surface area contributed by atoms with E-state index in [2.05, 4.69) is 9.47 Å². The minimum Gasteiger partial charge on any atom is -0.428 e. The van der Waals surface area contributed by atoms with Gasteiger partial charge in [0.05, 0.1) is 0 Å². The maximum Gasteiger partial charge on any atom is 0.514 e. The Morgan fingerprint density at radius 2 is 1.50 bits per heavy atom. The van der Waals surface area contributed by atoms with Gasteiger partial charge in [-0.15, -0.1) is 0 Å². The van der Waals surface area contributed by atoms with Gasteiger partial charge in [0.2, 0.25) is 0 Å². The molecule has 0 aliphatic carbocycles. The third-order valence-electron chi connectivity index (χ3n) is 1.00. The molecule has 0 unspecified atom stereocenters. The molecular formula is C8H9F5O3. The molecule has 94 valence electrons. The van der Waals surface area contributed by atoms with Crippen molar-refractivity contribution in [2.45, 2.75) is 32.5 Å². The van der Waals surface area contributed by atoms with Crippen molar-refractivity contribution in [2.24, 2.45) is 0 Å². The van der Waals surface area contributed by atoms with Crippen molar-refractivity contribution >= 4 is 6.16 Å². The number of hydrogen-bond donors (Lipinski definition) is 0. The van der Waals surface area contributed by atoms with Gasteiger partial charge < -0.3 is 9.47 Å². The van der Waals surface area contributed by atoms with Crippen LogP contribution < -0.4 is 0 Å². The van der Waals surface area contributed by atoms with Gasteiger partial charge in [0.15, 0.2) is 0 Å². The summed E-state index contributed by atoms with van der Waals surface area (Å²) >= 11 is 0. The highest BCUT2D eigenvalue weighted by atomic mass is 19.4. The molecule has 0 aliphatic heterocycles. The van der Waals surface area contributed by atoms with E-state index in [9.17, 15) is 26.7 Å². The molecule has 16 heavy (non-hydrogen) atoms. The molecule has 0 rings (SSSR count). The largest absolute Gasteiger partial charge is 0.514 e. The second kappa shape index (κ2) is 4.67. The predicted molar refractivity (Wildman–Crippen MR) is 42.6 cm³/mol. The molecule has 0 aromatic heterocycles. The molecule has 0 amide bonds. The second-order valence-electron chi connectivity index (χ2n) is 3.65. The number of hydrogen-bond acceptors (Lipinski definition) is 3. The minimum absolute atomic E-state index is 1.14. The van der Waals surface area contributed by atoms with Crippen LogP contribution in [0.1, 0.15) is 20.8 Å². The zero-order valence-electron chi connectivity index (χ0n) is 8.61. The van der Waals surface area contributed by atoms with E-state index in [4.69, 9.17) is 0 Å². The van der Waals surface area contributed by atoms with Gasteiger partial charge >= 0.3 is 18.4 Å². The molecule has 0 saturated heterocycles. The predicted octanol–water partition coefficient (Wildman–Crippen LogP) is 3.61. The van der Waals surface area contributed by atoms with Crippen LogP contribution in [0.4, 0.5) is 26.7 Å². The average molecular weight is 248 g/mol. The smallest absolute Gasteiger partial charge is 0.428 e. The summed E-state index contributed by atoms with van der Waals surface area (Å²) in [5.41, 5.74) is -1.14. The Morgan fingerprint density at radius 3 is 1.75 bits per heavy atom. The number of allylic oxidation sites excluding steroid dienone is 1. The van der Waals surface area contributed by atoms with E-state index in [1.54, 1.807) is 0 Å². The molecule has 0 fully saturated rings. The van der Waals surface area contributed by atoms with Crippen LogP contribution in [0, 0.1) is 0 Å². The van der Waals surface area contributed by atoms with E-state index in [1.807, 2.05) is 0 Å². The molecule has 0 aromatic carbocycles. The van der Waals surface area contributed by atoms with E-state index in [-0.39, 0.29) is 0 Å². The molecule has 0 aliphatic rings. The van der Waals surface area contributed by atoms with Crippen molar-refractivity contribution in [3.63, 3.8) is 0 Å². The first-order chi connectivity index (χ1) is 6.93. The second-order valence-corrected chi connectivity index (χ2v) is 3.65. The first-order valence-corrected chi connectivity index (χ1v) is 3.97. The molecule has 3 nitrogen and oxygen atoms in total. The summed E-state index contributed by atoms with van der Waals surface area (Å²) in [5, 5.41) is 0. The van der Waals surface area contributed by atoms with Crippen molar-refractivity contribution in [3.8, 4) is 0 Å². The Morgan fingerprint density at radius 1 is 1.06 bits per heavy atom. The number of carbonyl (C=O) groups excluding carboxylic acids is 1. The van der Waals surface area contributed by atoms with Crippen molar-refractivity contribution < 1.29 is 36.2 Å². The van der Waals surface area contributed by atoms with Crippen LogP contribution in [-0.2, 0) is 9.47 Å². The van der Waals surface area contributed by atoms with Gasteiger partial charge in [0.25, 0.3) is 5.76 Å². The lowest BCUT2D eigenvalue weighted by molar-refractivity contribution is -0.134. The fraction of sp³-hybridized carbons (Fsp3) is 0.625. The van der Waals surface area contributed by atoms with E-state index >= 15 is 0 Å². The molecule has 0 N–H and O–H groups in total. The topological polar surface area (TPSA) is 35.5 Å². The van der Waals surface area contributed by atoms with Gasteiger partial charge in [-0.2, -0.15) is 22.0 Å². The van der Waals surface area contributed by atoms with Crippen LogP contribution >= 0.6 is 0 Å². The lowest BCUT2D eigenvalue weighted by Crippen LogP contribution is -2.27. The zero-order valence-corrected chi connectivity index (χ0v) is 8.61. The first-order valence-electron chi connectivity index (χ1n) is 3.97. The Bertz CT molecular complexity index is 296. The monoisotopic (exact) mass is 248 g/mol. The molecule has 0 heterocycles. The molecule has 0 radical (unpaired) electrons. The highest BCUT2D eigenvalue weighted by molar-refractivity contribution is 5.62. The number of halogens is 5. The summed E-state index contributed by atoms with van der Waals surface area (Å²) in [6, 6.07) is 0. The fourth-order valence-electron chi connectivity index (χ4n) is 0.558. The van der Waals surface area contributed by atoms with Gasteiger partial charge in [0, 0.05) is 0 Å². The summed E-state index contributed by atoms with van der Waals surface area (Å²) in [4.78, 5) is 10.7. The van der Waals surface area contributed by atoms with E-state index in [1.165, 1.54) is 20.8 Å². The fourth-order valence-corrected chi connectivity index (χ4v) is 0.558. The van der Waals surface area contributed by atoms with Crippen molar-refractivity contribution in [2.75, 3.05) is 0 Å². The number of carbonyl (C=O) groups is 1. The lowest BCUT2D eigenvalue weighted by atomic mass is 10.2. The van der Waals surface area contributed by atoms with Gasteiger partial charge in [-0.05, 0) is 20.8 Å². The highest BCUT2D eigenvalue weighted by Crippen LogP contribution is 2.31. The Balaban J connectivity index is 4.71. The van der Waals surface area contributed by atoms with E-state index in [0.717, 1.165) is 0 Å². The maximum atomic E-state index is 11.9. The molecule has 0 saturated carbocycles. The average Bonchev–Trinajstić information content (AvgIpc) is 1.93. The maximum absolute atomic E-state index is 11.9. The Labute approximate surface area is 87.8 Å². The molecular weight excluding hydrogens is 239 g/mol. The normalized spacial score (nSPS) is 12.0. The standard InChI is InChI=1S/C8H9F5O3/c1-7(2,3)16-6(14)15-4(5(9)10)8(11,12)13/h1-3H3. The first kappa shape index (κ1) is 14.7. The van der Waals surface area contributed by atoms with Gasteiger partial charge in [-0.3, -0.25) is 0 Å². The third-order valence-corrected chi connectivity index (χ3v) is 1.00. The summed E-state index contributed by atoms with van der Waals surface area (Å²) < 4.78 is 67.0. The van der Waals surface area contributed by atoms with Crippen LogP contribution in [0.2, 0.25) is 0 Å². The Hall–Kier alpha value is -1.34. The number of alkyl halides is 3. The number of ether oxygens (including phenoxy) is 2. The van der Waals surface area contributed by atoms with Crippen LogP contribution in [-0.4, -0.2) is 17.9 Å². The van der Waals surface area contributed by atoms with E-state index in [0.29, 0.717) is 0 Å². The van der Waals surface area contributed by atoms with Crippen molar-refractivity contribution in [1.82, 2.24) is 0 Å². The summed E-state index contributed by atoms with van der Waals surface area (Å²) in [5.74, 6) is -2.67. The molecule has 0 spiro atoms. The van der Waals surface area contributed by atoms with E-state index < -0.39 is 29.8 Å². The SMILES string of the molecule is CC(C)(C)OC(=O)OC(=C(F)F)C(F)(F)F. The third kappa shape index (κ3) is 5.52. The molecule has 0 bridgehead atoms. The van der Waals surface area contributed by atoms with Crippen LogP contribution in [0.25, 0.3) is 0 Å². The lowest BCUT2D eigenvalue weighted by Gasteiger charge is -2.19.